The van der Waals surface area contributed by atoms with Gasteiger partial charge in [0.1, 0.15) is 5.52 Å². The minimum absolute atomic E-state index is 0.0626. The number of aromatic nitrogens is 1. The molecule has 1 aliphatic heterocycles. The van der Waals surface area contributed by atoms with Gasteiger partial charge in [0.05, 0.1) is 0 Å². The van der Waals surface area contributed by atoms with Gasteiger partial charge in [0.25, 0.3) is 5.91 Å². The Kier molecular flexibility index (Phi) is 4.33. The highest BCUT2D eigenvalue weighted by Crippen LogP contribution is 2.26. The first-order chi connectivity index (χ1) is 14.2. The van der Waals surface area contributed by atoms with Crippen LogP contribution in [0.2, 0.25) is 0 Å². The summed E-state index contributed by atoms with van der Waals surface area (Å²) in [5, 5.41) is 3.57. The lowest BCUT2D eigenvalue weighted by atomic mass is 9.99. The normalized spacial score (nSPS) is 13.4. The molecule has 0 unspecified atom stereocenters. The summed E-state index contributed by atoms with van der Waals surface area (Å²) in [6.07, 6.45) is 0.792. The Hall–Kier alpha value is -3.51. The second kappa shape index (κ2) is 7.14. The van der Waals surface area contributed by atoms with Gasteiger partial charge in [-0.15, -0.1) is 0 Å². The van der Waals surface area contributed by atoms with Crippen LogP contribution in [0.1, 0.15) is 15.9 Å². The maximum Gasteiger partial charge on any atom is 0.260 e. The van der Waals surface area contributed by atoms with Gasteiger partial charge in [-0.2, -0.15) is 0 Å². The van der Waals surface area contributed by atoms with Gasteiger partial charge in [0, 0.05) is 23.4 Å². The summed E-state index contributed by atoms with van der Waals surface area (Å²) in [5.41, 5.74) is 5.06. The van der Waals surface area contributed by atoms with E-state index in [1.54, 1.807) is 4.90 Å². The Balaban J connectivity index is 1.32. The fourth-order valence-electron chi connectivity index (χ4n) is 3.50. The molecule has 0 spiro atoms. The van der Waals surface area contributed by atoms with Gasteiger partial charge in [0.15, 0.2) is 10.7 Å². The lowest BCUT2D eigenvalue weighted by Gasteiger charge is -2.29. The molecule has 4 aromatic rings. The average molecular weight is 399 g/mol. The number of carbonyl (C=O) groups is 1. The second-order valence-electron chi connectivity index (χ2n) is 6.86. The first-order valence-electron chi connectivity index (χ1n) is 9.36. The third-order valence-corrected chi connectivity index (χ3v) is 5.34. The molecule has 5 nitrogen and oxygen atoms in total. The molecular formula is C23H17N3O2S. The molecule has 6 heteroatoms. The Morgan fingerprint density at radius 1 is 1.00 bits per heavy atom. The maximum absolute atomic E-state index is 12.8. The molecule has 1 N–H and O–H groups in total. The van der Waals surface area contributed by atoms with E-state index in [0.29, 0.717) is 23.1 Å². The summed E-state index contributed by atoms with van der Waals surface area (Å²) < 4.78 is 5.81. The van der Waals surface area contributed by atoms with Crippen LogP contribution < -0.4 is 5.32 Å². The first-order valence-corrected chi connectivity index (χ1v) is 9.77. The average Bonchev–Trinajstić information content (AvgIpc) is 3.19. The molecule has 0 radical (unpaired) electrons. The van der Waals surface area contributed by atoms with Crippen molar-refractivity contribution < 1.29 is 9.21 Å². The van der Waals surface area contributed by atoms with Crippen molar-refractivity contribution in [3.8, 4) is 11.5 Å². The number of rotatable bonds is 2. The van der Waals surface area contributed by atoms with Crippen molar-refractivity contribution in [2.45, 2.75) is 6.42 Å². The van der Waals surface area contributed by atoms with E-state index in [9.17, 15) is 4.79 Å². The van der Waals surface area contributed by atoms with Crippen molar-refractivity contribution >= 4 is 40.0 Å². The summed E-state index contributed by atoms with van der Waals surface area (Å²) in [5.74, 6) is 0.510. The molecule has 29 heavy (non-hydrogen) atoms. The Morgan fingerprint density at radius 2 is 1.76 bits per heavy atom. The van der Waals surface area contributed by atoms with E-state index in [1.165, 1.54) is 0 Å². The van der Waals surface area contributed by atoms with Gasteiger partial charge >= 0.3 is 0 Å². The highest BCUT2D eigenvalue weighted by Gasteiger charge is 2.26. The minimum atomic E-state index is -0.0626. The molecule has 1 amide bonds. The fourth-order valence-corrected chi connectivity index (χ4v) is 3.79. The van der Waals surface area contributed by atoms with E-state index in [-0.39, 0.29) is 5.91 Å². The number of para-hydroxylation sites is 2. The van der Waals surface area contributed by atoms with Crippen LogP contribution in [-0.2, 0) is 6.42 Å². The van der Waals surface area contributed by atoms with E-state index in [4.69, 9.17) is 16.6 Å². The zero-order valence-electron chi connectivity index (χ0n) is 15.5. The van der Waals surface area contributed by atoms with Crippen molar-refractivity contribution in [1.29, 1.82) is 0 Å². The lowest BCUT2D eigenvalue weighted by Crippen LogP contribution is -2.44. The number of fused-ring (bicyclic) bond motifs is 2. The SMILES string of the molecule is O=C1c2ccccc2CCN1C(=S)Nc1ccc(-c2nc3ccccc3o2)cc1. The zero-order valence-corrected chi connectivity index (χ0v) is 16.3. The van der Waals surface area contributed by atoms with Gasteiger partial charge in [-0.25, -0.2) is 4.98 Å². The van der Waals surface area contributed by atoms with E-state index < -0.39 is 0 Å². The van der Waals surface area contributed by atoms with Crippen LogP contribution in [0.3, 0.4) is 0 Å². The molecule has 142 valence electrons. The minimum Gasteiger partial charge on any atom is -0.436 e. The monoisotopic (exact) mass is 399 g/mol. The largest absolute Gasteiger partial charge is 0.436 e. The van der Waals surface area contributed by atoms with Crippen molar-refractivity contribution in [3.63, 3.8) is 0 Å². The number of oxazole rings is 1. The summed E-state index contributed by atoms with van der Waals surface area (Å²) in [6, 6.07) is 23.0. The Labute approximate surface area is 173 Å². The Morgan fingerprint density at radius 3 is 2.59 bits per heavy atom. The van der Waals surface area contributed by atoms with Crippen LogP contribution in [0.5, 0.6) is 0 Å². The molecule has 0 aliphatic carbocycles. The van der Waals surface area contributed by atoms with Crippen molar-refractivity contribution in [2.24, 2.45) is 0 Å². The summed E-state index contributed by atoms with van der Waals surface area (Å²) in [7, 11) is 0. The lowest BCUT2D eigenvalue weighted by molar-refractivity contribution is 0.0837. The molecule has 0 atom stereocenters. The quantitative estimate of drug-likeness (QED) is 0.486. The number of thiocarbonyl (C=S) groups is 1. The van der Waals surface area contributed by atoms with E-state index in [2.05, 4.69) is 10.3 Å². The first kappa shape index (κ1) is 17.6. The highest BCUT2D eigenvalue weighted by atomic mass is 32.1. The predicted octanol–water partition coefficient (Wildman–Crippen LogP) is 4.89. The molecule has 1 aromatic heterocycles. The van der Waals surface area contributed by atoms with Gasteiger partial charge in [-0.05, 0) is 66.7 Å². The van der Waals surface area contributed by atoms with Crippen molar-refractivity contribution in [2.75, 3.05) is 11.9 Å². The van der Waals surface area contributed by atoms with Crippen molar-refractivity contribution in [1.82, 2.24) is 9.88 Å². The molecule has 2 heterocycles. The van der Waals surface area contributed by atoms with E-state index >= 15 is 0 Å². The standard InChI is InChI=1S/C23H17N3O2S/c27-22-18-6-2-1-5-15(18)13-14-26(22)23(29)24-17-11-9-16(10-12-17)21-25-19-7-3-4-8-20(19)28-21/h1-12H,13-14H2,(H,24,29). The smallest absolute Gasteiger partial charge is 0.260 e. The summed E-state index contributed by atoms with van der Waals surface area (Å²) in [4.78, 5) is 18.9. The van der Waals surface area contributed by atoms with Gasteiger partial charge < -0.3 is 9.73 Å². The number of hydrogen-bond acceptors (Lipinski definition) is 4. The topological polar surface area (TPSA) is 58.4 Å². The van der Waals surface area contributed by atoms with E-state index in [1.807, 2.05) is 72.8 Å². The maximum atomic E-state index is 12.8. The van der Waals surface area contributed by atoms with Crippen LogP contribution in [0, 0.1) is 0 Å². The summed E-state index contributed by atoms with van der Waals surface area (Å²) >= 11 is 5.50. The number of anilines is 1. The molecule has 0 saturated heterocycles. The number of carbonyl (C=O) groups excluding carboxylic acids is 1. The summed E-state index contributed by atoms with van der Waals surface area (Å²) in [6.45, 7) is 0.572. The highest BCUT2D eigenvalue weighted by molar-refractivity contribution is 7.80. The van der Waals surface area contributed by atoms with Gasteiger partial charge in [0.2, 0.25) is 5.89 Å². The number of nitrogens with zero attached hydrogens (tertiary/aromatic N) is 2. The second-order valence-corrected chi connectivity index (χ2v) is 7.24. The molecule has 0 fully saturated rings. The number of benzene rings is 3. The molecule has 0 saturated carbocycles. The van der Waals surface area contributed by atoms with Crippen LogP contribution in [0.25, 0.3) is 22.6 Å². The Bertz CT molecular complexity index is 1200. The van der Waals surface area contributed by atoms with Gasteiger partial charge in [-0.3, -0.25) is 9.69 Å². The fraction of sp³-hybridized carbons (Fsp3) is 0.0870. The number of hydrogen-bond donors (Lipinski definition) is 1. The number of nitrogens with one attached hydrogen (secondary N) is 1. The van der Waals surface area contributed by atoms with Crippen LogP contribution in [0.15, 0.2) is 77.2 Å². The molecule has 0 bridgehead atoms. The van der Waals surface area contributed by atoms with Crippen LogP contribution in [-0.4, -0.2) is 27.4 Å². The predicted molar refractivity (Wildman–Crippen MR) is 117 cm³/mol. The molecule has 5 rings (SSSR count). The van der Waals surface area contributed by atoms with E-state index in [0.717, 1.165) is 34.3 Å². The zero-order chi connectivity index (χ0) is 19.8. The van der Waals surface area contributed by atoms with Crippen LogP contribution in [0.4, 0.5) is 5.69 Å². The number of amides is 1. The third kappa shape index (κ3) is 3.28. The molecule has 1 aliphatic rings. The van der Waals surface area contributed by atoms with Crippen LogP contribution >= 0.6 is 12.2 Å². The molecular weight excluding hydrogens is 382 g/mol. The van der Waals surface area contributed by atoms with Gasteiger partial charge in [-0.1, -0.05) is 30.3 Å². The third-order valence-electron chi connectivity index (χ3n) is 5.02. The van der Waals surface area contributed by atoms with Crippen molar-refractivity contribution in [3.05, 3.63) is 83.9 Å². The molecule has 3 aromatic carbocycles.